The molecule has 0 radical (unpaired) electrons. The molecule has 0 aromatic carbocycles. The zero-order valence-electron chi connectivity index (χ0n) is 16.4. The number of guanidine groups is 1. The molecule has 2 N–H and O–H groups in total. The Morgan fingerprint density at radius 2 is 2.00 bits per heavy atom. The highest BCUT2D eigenvalue weighted by Crippen LogP contribution is 2.16. The van der Waals surface area contributed by atoms with E-state index in [1.165, 1.54) is 9.88 Å². The van der Waals surface area contributed by atoms with Crippen LogP contribution in [0.1, 0.15) is 60.4 Å². The lowest BCUT2D eigenvalue weighted by Gasteiger charge is -2.10. The van der Waals surface area contributed by atoms with Crippen molar-refractivity contribution in [2.24, 2.45) is 4.99 Å². The summed E-state index contributed by atoms with van der Waals surface area (Å²) in [4.78, 5) is 14.9. The van der Waals surface area contributed by atoms with Crippen molar-refractivity contribution >= 4 is 17.3 Å². The molecule has 0 saturated carbocycles. The first kappa shape index (κ1) is 20.4. The second kappa shape index (κ2) is 10.3. The first-order valence-corrected chi connectivity index (χ1v) is 10.1. The lowest BCUT2D eigenvalue weighted by molar-refractivity contribution is 0.369. The first-order chi connectivity index (χ1) is 12.5. The van der Waals surface area contributed by atoms with Gasteiger partial charge in [0.2, 0.25) is 5.89 Å². The fourth-order valence-electron chi connectivity index (χ4n) is 2.30. The maximum atomic E-state index is 5.26. The van der Waals surface area contributed by atoms with Crippen molar-refractivity contribution < 1.29 is 4.52 Å². The molecule has 2 heterocycles. The number of hydrogen-bond donors (Lipinski definition) is 2. The van der Waals surface area contributed by atoms with E-state index in [0.29, 0.717) is 18.4 Å². The highest BCUT2D eigenvalue weighted by molar-refractivity contribution is 7.11. The Labute approximate surface area is 159 Å². The summed E-state index contributed by atoms with van der Waals surface area (Å²) in [6, 6.07) is 0. The van der Waals surface area contributed by atoms with Crippen molar-refractivity contribution in [3.63, 3.8) is 0 Å². The summed E-state index contributed by atoms with van der Waals surface area (Å²) in [7, 11) is 0. The molecule has 0 aliphatic rings. The molecule has 0 fully saturated rings. The fraction of sp³-hybridized carbons (Fsp3) is 0.667. The topological polar surface area (TPSA) is 88.2 Å². The molecule has 8 heteroatoms. The van der Waals surface area contributed by atoms with Crippen molar-refractivity contribution in [1.82, 2.24) is 25.8 Å². The number of nitrogens with one attached hydrogen (secondary N) is 2. The van der Waals surface area contributed by atoms with Crippen LogP contribution >= 0.6 is 11.3 Å². The second-order valence-corrected chi connectivity index (χ2v) is 7.78. The number of aromatic nitrogens is 3. The van der Waals surface area contributed by atoms with Crippen molar-refractivity contribution in [3.05, 3.63) is 27.3 Å². The molecule has 0 aliphatic heterocycles. The molecule has 0 spiro atoms. The van der Waals surface area contributed by atoms with E-state index < -0.39 is 0 Å². The minimum absolute atomic E-state index is 0.292. The number of thiazole rings is 1. The number of aliphatic imine (C=N–C) groups is 1. The Kier molecular flexibility index (Phi) is 8.03. The van der Waals surface area contributed by atoms with Gasteiger partial charge in [-0.1, -0.05) is 19.0 Å². The zero-order chi connectivity index (χ0) is 18.9. The smallest absolute Gasteiger partial charge is 0.226 e. The predicted octanol–water partition coefficient (Wildman–Crippen LogP) is 3.00. The molecule has 0 atom stereocenters. The van der Waals surface area contributed by atoms with E-state index in [9.17, 15) is 0 Å². The van der Waals surface area contributed by atoms with E-state index >= 15 is 0 Å². The Morgan fingerprint density at radius 3 is 2.62 bits per heavy atom. The number of rotatable bonds is 9. The largest absolute Gasteiger partial charge is 0.357 e. The van der Waals surface area contributed by atoms with Crippen molar-refractivity contribution in [2.45, 2.75) is 59.8 Å². The minimum Gasteiger partial charge on any atom is -0.357 e. The van der Waals surface area contributed by atoms with E-state index in [-0.39, 0.29) is 0 Å². The van der Waals surface area contributed by atoms with Crippen molar-refractivity contribution in [1.29, 1.82) is 0 Å². The summed E-state index contributed by atoms with van der Waals surface area (Å²) in [5.74, 6) is 2.59. The van der Waals surface area contributed by atoms with Gasteiger partial charge in [0, 0.05) is 43.3 Å². The Morgan fingerprint density at radius 1 is 1.19 bits per heavy atom. The normalized spacial score (nSPS) is 12.0. The van der Waals surface area contributed by atoms with Gasteiger partial charge in [-0.25, -0.2) is 4.98 Å². The molecule has 0 bridgehead atoms. The predicted molar refractivity (Wildman–Crippen MR) is 106 cm³/mol. The molecule has 7 nitrogen and oxygen atoms in total. The van der Waals surface area contributed by atoms with E-state index in [4.69, 9.17) is 4.52 Å². The molecule has 2 rings (SSSR count). The Bertz CT molecular complexity index is 687. The standard InChI is InChI=1S/C18H30N6OS/c1-6-19-18(21-11-9-16-22-13(4)14(5)26-16)20-10-7-8-15-23-17(12(2)3)24-25-15/h12H,6-11H2,1-5H3,(H2,19,20,21). The molecule has 0 aliphatic carbocycles. The lowest BCUT2D eigenvalue weighted by Crippen LogP contribution is -2.38. The van der Waals surface area contributed by atoms with Gasteiger partial charge in [0.25, 0.3) is 0 Å². The summed E-state index contributed by atoms with van der Waals surface area (Å²) < 4.78 is 5.26. The summed E-state index contributed by atoms with van der Waals surface area (Å²) in [6.07, 6.45) is 2.53. The van der Waals surface area contributed by atoms with Gasteiger partial charge in [-0.15, -0.1) is 11.3 Å². The van der Waals surface area contributed by atoms with E-state index in [0.717, 1.165) is 49.8 Å². The summed E-state index contributed by atoms with van der Waals surface area (Å²) >= 11 is 1.77. The number of nitrogens with zero attached hydrogens (tertiary/aromatic N) is 4. The third-order valence-corrected chi connectivity index (χ3v) is 5.00. The van der Waals surface area contributed by atoms with E-state index in [1.807, 2.05) is 0 Å². The number of hydrogen-bond acceptors (Lipinski definition) is 6. The quantitative estimate of drug-likeness (QED) is 0.396. The van der Waals surface area contributed by atoms with Gasteiger partial charge in [-0.05, 0) is 27.2 Å². The maximum absolute atomic E-state index is 5.26. The van der Waals surface area contributed by atoms with Gasteiger partial charge < -0.3 is 15.2 Å². The summed E-state index contributed by atoms with van der Waals surface area (Å²) in [5.41, 5.74) is 1.13. The fourth-order valence-corrected chi connectivity index (χ4v) is 3.23. The molecule has 2 aromatic heterocycles. The lowest BCUT2D eigenvalue weighted by atomic mass is 10.2. The Balaban J connectivity index is 1.74. The molecule has 2 aromatic rings. The van der Waals surface area contributed by atoms with Crippen molar-refractivity contribution in [2.75, 3.05) is 19.6 Å². The van der Waals surface area contributed by atoms with Gasteiger partial charge in [0.15, 0.2) is 11.8 Å². The molecule has 0 saturated heterocycles. The van der Waals surface area contributed by atoms with Crippen LogP contribution in [0.2, 0.25) is 0 Å². The highest BCUT2D eigenvalue weighted by atomic mass is 32.1. The van der Waals surface area contributed by atoms with Crippen LogP contribution in [0.3, 0.4) is 0 Å². The van der Waals surface area contributed by atoms with Crippen LogP contribution in [0.25, 0.3) is 0 Å². The molecule has 26 heavy (non-hydrogen) atoms. The summed E-state index contributed by atoms with van der Waals surface area (Å²) in [6.45, 7) is 12.7. The van der Waals surface area contributed by atoms with E-state index in [2.05, 4.69) is 65.4 Å². The minimum atomic E-state index is 0.292. The zero-order valence-corrected chi connectivity index (χ0v) is 17.2. The van der Waals surface area contributed by atoms with Gasteiger partial charge >= 0.3 is 0 Å². The maximum Gasteiger partial charge on any atom is 0.226 e. The van der Waals surface area contributed by atoms with Crippen LogP contribution in [0.5, 0.6) is 0 Å². The van der Waals surface area contributed by atoms with Gasteiger partial charge in [0.1, 0.15) is 0 Å². The molecule has 0 amide bonds. The third kappa shape index (κ3) is 6.40. The highest BCUT2D eigenvalue weighted by Gasteiger charge is 2.09. The van der Waals surface area contributed by atoms with Crippen LogP contribution < -0.4 is 10.6 Å². The van der Waals surface area contributed by atoms with Crippen molar-refractivity contribution in [3.8, 4) is 0 Å². The molecule has 0 unspecified atom stereocenters. The monoisotopic (exact) mass is 378 g/mol. The summed E-state index contributed by atoms with van der Waals surface area (Å²) in [5, 5.41) is 11.8. The second-order valence-electron chi connectivity index (χ2n) is 6.49. The van der Waals surface area contributed by atoms with Crippen LogP contribution in [0.15, 0.2) is 9.52 Å². The third-order valence-electron chi connectivity index (χ3n) is 3.87. The van der Waals surface area contributed by atoms with Gasteiger partial charge in [-0.2, -0.15) is 4.98 Å². The van der Waals surface area contributed by atoms with Crippen LogP contribution in [0.4, 0.5) is 0 Å². The Hall–Kier alpha value is -1.96. The van der Waals surface area contributed by atoms with Gasteiger partial charge in [-0.3, -0.25) is 4.99 Å². The number of aryl methyl sites for hydroxylation is 3. The first-order valence-electron chi connectivity index (χ1n) is 9.27. The molecular weight excluding hydrogens is 348 g/mol. The van der Waals surface area contributed by atoms with Crippen LogP contribution in [-0.2, 0) is 12.8 Å². The molecular formula is C18H30N6OS. The average molecular weight is 379 g/mol. The van der Waals surface area contributed by atoms with Crippen LogP contribution in [-0.4, -0.2) is 40.7 Å². The average Bonchev–Trinajstić information content (AvgIpc) is 3.19. The molecule has 144 valence electrons. The SMILES string of the molecule is CCNC(=NCCCc1nc(C(C)C)no1)NCCc1nc(C)c(C)s1. The van der Waals surface area contributed by atoms with Crippen LogP contribution in [0, 0.1) is 13.8 Å². The van der Waals surface area contributed by atoms with E-state index in [1.54, 1.807) is 11.3 Å². The van der Waals surface area contributed by atoms with Gasteiger partial charge in [0.05, 0.1) is 10.7 Å².